The number of aliphatic hydroxyl groups excluding tert-OH is 1. The third kappa shape index (κ3) is 5.37. The molecule has 4 aromatic heterocycles. The van der Waals surface area contributed by atoms with Gasteiger partial charge in [0, 0.05) is 44.0 Å². The molecule has 2 fully saturated rings. The van der Waals surface area contributed by atoms with E-state index in [-0.39, 0.29) is 23.9 Å². The summed E-state index contributed by atoms with van der Waals surface area (Å²) in [7, 11) is 0. The highest BCUT2D eigenvalue weighted by atomic mass is 32.1. The molecule has 2 N–H and O–H groups in total. The number of rotatable bonds is 10. The van der Waals surface area contributed by atoms with Gasteiger partial charge in [0.25, 0.3) is 5.91 Å². The smallest absolute Gasteiger partial charge is 0.251 e. The van der Waals surface area contributed by atoms with Gasteiger partial charge in [0.1, 0.15) is 11.9 Å². The van der Waals surface area contributed by atoms with E-state index in [0.29, 0.717) is 60.9 Å². The van der Waals surface area contributed by atoms with Gasteiger partial charge in [0.2, 0.25) is 5.91 Å². The SMILES string of the molecule is CCN(CC)C(C)CNC(=O)c1cc(-c2cnn3ccc(-c4cccs4)nc23)nc(N2CCC2C(=O)N2CC(O)C2)c1. The first kappa shape index (κ1) is 28.3. The van der Waals surface area contributed by atoms with Gasteiger partial charge < -0.3 is 20.2 Å². The van der Waals surface area contributed by atoms with Crippen LogP contribution in [-0.2, 0) is 4.79 Å². The molecule has 220 valence electrons. The number of nitrogens with zero attached hydrogens (tertiary/aromatic N) is 7. The number of fused-ring (bicyclic) bond motifs is 1. The maximum atomic E-state index is 13.5. The van der Waals surface area contributed by atoms with Crippen LogP contribution in [-0.4, -0.2) is 104 Å². The molecule has 11 nitrogen and oxygen atoms in total. The molecule has 2 amide bonds. The number of carbonyl (C=O) groups excluding carboxylic acids is 2. The zero-order valence-electron chi connectivity index (χ0n) is 24.1. The molecule has 12 heteroatoms. The van der Waals surface area contributed by atoms with Gasteiger partial charge in [0.05, 0.1) is 34.1 Å². The predicted octanol–water partition coefficient (Wildman–Crippen LogP) is 2.76. The standard InChI is InChI=1S/C30H36N8O3S/c1-4-35(5-2)19(3)15-31-29(40)20-13-24(22-16-32-38-11-8-23(34-28(22)38)26-7-6-12-42-26)33-27(14-20)37-10-9-25(37)30(41)36-17-21(39)18-36/h6-8,11-14,16,19,21,25,39H,4-5,9-10,15,17-18H2,1-3H3,(H,31,40). The van der Waals surface area contributed by atoms with E-state index in [1.54, 1.807) is 39.1 Å². The quantitative estimate of drug-likeness (QED) is 0.290. The van der Waals surface area contributed by atoms with Gasteiger partial charge >= 0.3 is 0 Å². The molecule has 2 unspecified atom stereocenters. The van der Waals surface area contributed by atoms with Gasteiger partial charge in [-0.25, -0.2) is 14.5 Å². The van der Waals surface area contributed by atoms with Crippen LogP contribution < -0.4 is 10.2 Å². The van der Waals surface area contributed by atoms with Crippen LogP contribution >= 0.6 is 11.3 Å². The molecule has 2 aliphatic heterocycles. The van der Waals surface area contributed by atoms with Crippen molar-refractivity contribution in [1.82, 2.24) is 34.7 Å². The fraction of sp³-hybridized carbons (Fsp3) is 0.433. The zero-order chi connectivity index (χ0) is 29.4. The molecule has 2 atom stereocenters. The van der Waals surface area contributed by atoms with Crippen LogP contribution in [0.3, 0.4) is 0 Å². The van der Waals surface area contributed by atoms with Crippen LogP contribution in [0.4, 0.5) is 5.82 Å². The zero-order valence-corrected chi connectivity index (χ0v) is 24.9. The van der Waals surface area contributed by atoms with Gasteiger partial charge in [-0.05, 0) is 56.1 Å². The molecule has 0 aliphatic carbocycles. The molecule has 0 bridgehead atoms. The Balaban J connectivity index is 1.35. The summed E-state index contributed by atoms with van der Waals surface area (Å²) in [6.07, 6.45) is 3.83. The number of likely N-dealkylation sites (N-methyl/N-ethyl adjacent to an activating group) is 1. The Morgan fingerprint density at radius 2 is 1.98 bits per heavy atom. The molecule has 42 heavy (non-hydrogen) atoms. The number of likely N-dealkylation sites (tertiary alicyclic amines) is 1. The number of carbonyl (C=O) groups is 2. The van der Waals surface area contributed by atoms with Crippen molar-refractivity contribution >= 4 is 34.6 Å². The lowest BCUT2D eigenvalue weighted by Crippen LogP contribution is -2.63. The molecular weight excluding hydrogens is 552 g/mol. The molecule has 0 radical (unpaired) electrons. The Hall–Kier alpha value is -3.87. The van der Waals surface area contributed by atoms with Gasteiger partial charge in [-0.3, -0.25) is 14.5 Å². The Morgan fingerprint density at radius 3 is 2.64 bits per heavy atom. The summed E-state index contributed by atoms with van der Waals surface area (Å²) in [6, 6.07) is 9.31. The van der Waals surface area contributed by atoms with Gasteiger partial charge in [-0.1, -0.05) is 19.9 Å². The minimum Gasteiger partial charge on any atom is -0.389 e. The highest BCUT2D eigenvalue weighted by Crippen LogP contribution is 2.33. The van der Waals surface area contributed by atoms with Gasteiger partial charge in [-0.15, -0.1) is 11.3 Å². The minimum absolute atomic E-state index is 0.0176. The van der Waals surface area contributed by atoms with E-state index in [2.05, 4.69) is 36.1 Å². The molecule has 6 rings (SSSR count). The second-order valence-electron chi connectivity index (χ2n) is 10.9. The van der Waals surface area contributed by atoms with Crippen molar-refractivity contribution in [2.24, 2.45) is 0 Å². The van der Waals surface area contributed by atoms with Crippen LogP contribution in [0.1, 0.15) is 37.6 Å². The van der Waals surface area contributed by atoms with E-state index in [1.807, 2.05) is 34.7 Å². The summed E-state index contributed by atoms with van der Waals surface area (Å²) in [6.45, 7) is 10.0. The summed E-state index contributed by atoms with van der Waals surface area (Å²) in [4.78, 5) is 43.5. The average Bonchev–Trinajstić information content (AvgIpc) is 3.64. The Kier molecular flexibility index (Phi) is 7.93. The number of amides is 2. The highest BCUT2D eigenvalue weighted by molar-refractivity contribution is 7.13. The fourth-order valence-corrected chi connectivity index (χ4v) is 6.32. The molecule has 2 saturated heterocycles. The van der Waals surface area contributed by atoms with Crippen molar-refractivity contribution in [1.29, 1.82) is 0 Å². The van der Waals surface area contributed by atoms with E-state index in [0.717, 1.165) is 23.7 Å². The molecule has 0 spiro atoms. The summed E-state index contributed by atoms with van der Waals surface area (Å²) in [5, 5.41) is 19.3. The lowest BCUT2D eigenvalue weighted by atomic mass is 9.98. The molecule has 2 aliphatic rings. The number of thiophene rings is 1. The van der Waals surface area contributed by atoms with Crippen molar-refractivity contribution in [3.63, 3.8) is 0 Å². The summed E-state index contributed by atoms with van der Waals surface area (Å²) in [5.74, 6) is 0.349. The van der Waals surface area contributed by atoms with Crippen molar-refractivity contribution in [3.05, 3.63) is 53.7 Å². The van der Waals surface area contributed by atoms with E-state index in [4.69, 9.17) is 9.97 Å². The van der Waals surface area contributed by atoms with E-state index in [9.17, 15) is 14.7 Å². The summed E-state index contributed by atoms with van der Waals surface area (Å²) < 4.78 is 1.71. The van der Waals surface area contributed by atoms with E-state index < -0.39 is 6.10 Å². The van der Waals surface area contributed by atoms with Crippen LogP contribution in [0.25, 0.3) is 27.5 Å². The number of β-amino-alcohol motifs (C(OH)–C–C–N with tert-alkyl or cyclic N) is 1. The largest absolute Gasteiger partial charge is 0.389 e. The second-order valence-corrected chi connectivity index (χ2v) is 11.8. The maximum Gasteiger partial charge on any atom is 0.251 e. The average molecular weight is 589 g/mol. The minimum atomic E-state index is -0.458. The van der Waals surface area contributed by atoms with Crippen LogP contribution in [0.15, 0.2) is 48.1 Å². The number of aliphatic hydroxyl groups is 1. The van der Waals surface area contributed by atoms with Crippen molar-refractivity contribution in [2.75, 3.05) is 44.2 Å². The molecule has 6 heterocycles. The first-order valence-electron chi connectivity index (χ1n) is 14.5. The number of pyridine rings is 1. The Morgan fingerprint density at radius 1 is 1.17 bits per heavy atom. The third-order valence-corrected chi connectivity index (χ3v) is 9.15. The summed E-state index contributed by atoms with van der Waals surface area (Å²) in [5.41, 5.74) is 3.21. The Bertz CT molecular complexity index is 1580. The predicted molar refractivity (Wildman–Crippen MR) is 163 cm³/mol. The first-order valence-corrected chi connectivity index (χ1v) is 15.4. The van der Waals surface area contributed by atoms with Crippen molar-refractivity contribution in [2.45, 2.75) is 45.4 Å². The lowest BCUT2D eigenvalue weighted by molar-refractivity contribution is -0.144. The number of hydrogen-bond acceptors (Lipinski definition) is 9. The monoisotopic (exact) mass is 588 g/mol. The van der Waals surface area contributed by atoms with Crippen molar-refractivity contribution in [3.8, 4) is 21.8 Å². The normalized spacial score (nSPS) is 17.8. The lowest BCUT2D eigenvalue weighted by Gasteiger charge is -2.46. The molecule has 0 aromatic carbocycles. The number of anilines is 1. The number of hydrogen-bond donors (Lipinski definition) is 2. The van der Waals surface area contributed by atoms with Crippen LogP contribution in [0, 0.1) is 0 Å². The van der Waals surface area contributed by atoms with Crippen molar-refractivity contribution < 1.29 is 14.7 Å². The maximum absolute atomic E-state index is 13.5. The fourth-order valence-electron chi connectivity index (χ4n) is 5.63. The second kappa shape index (κ2) is 11.8. The Labute approximate surface area is 248 Å². The number of nitrogens with one attached hydrogen (secondary N) is 1. The topological polar surface area (TPSA) is 119 Å². The van der Waals surface area contributed by atoms with Crippen LogP contribution in [0.2, 0.25) is 0 Å². The molecule has 0 saturated carbocycles. The molecule has 4 aromatic rings. The first-order chi connectivity index (χ1) is 20.4. The highest BCUT2D eigenvalue weighted by Gasteiger charge is 2.41. The summed E-state index contributed by atoms with van der Waals surface area (Å²) >= 11 is 1.61. The third-order valence-electron chi connectivity index (χ3n) is 8.26. The molecular formula is C30H36N8O3S. The van der Waals surface area contributed by atoms with Gasteiger partial charge in [0.15, 0.2) is 5.65 Å². The van der Waals surface area contributed by atoms with E-state index >= 15 is 0 Å². The van der Waals surface area contributed by atoms with Crippen LogP contribution in [0.5, 0.6) is 0 Å². The van der Waals surface area contributed by atoms with E-state index in [1.165, 1.54) is 0 Å². The number of aromatic nitrogens is 4. The van der Waals surface area contributed by atoms with Gasteiger partial charge in [-0.2, -0.15) is 5.10 Å².